The highest BCUT2D eigenvalue weighted by Crippen LogP contribution is 2.33. The molecule has 1 unspecified atom stereocenters. The van der Waals surface area contributed by atoms with Gasteiger partial charge >= 0.3 is 6.18 Å². The molecule has 1 aliphatic rings. The van der Waals surface area contributed by atoms with Crippen molar-refractivity contribution < 1.29 is 18.3 Å². The van der Waals surface area contributed by atoms with Gasteiger partial charge in [0.05, 0.1) is 6.10 Å². The summed E-state index contributed by atoms with van der Waals surface area (Å²) in [4.78, 5) is 0. The molecule has 0 amide bonds. The fourth-order valence-electron chi connectivity index (χ4n) is 2.34. The highest BCUT2D eigenvalue weighted by atomic mass is 19.4. The van der Waals surface area contributed by atoms with Crippen LogP contribution in [0.4, 0.5) is 13.2 Å². The smallest absolute Gasteiger partial charge is 0.388 e. The number of rotatable bonds is 1. The molecule has 1 aliphatic carbocycles. The topological polar surface area (TPSA) is 25.2 Å². The van der Waals surface area contributed by atoms with Gasteiger partial charge in [0.25, 0.3) is 0 Å². The van der Waals surface area contributed by atoms with Gasteiger partial charge in [0, 0.05) is 17.0 Å². The zero-order chi connectivity index (χ0) is 11.9. The van der Waals surface area contributed by atoms with Crippen LogP contribution in [0.25, 0.3) is 0 Å². The summed E-state index contributed by atoms with van der Waals surface area (Å²) in [6.45, 7) is 0.692. The van der Waals surface area contributed by atoms with Crippen LogP contribution in [0.5, 0.6) is 0 Å². The zero-order valence-corrected chi connectivity index (χ0v) is 9.01. The lowest BCUT2D eigenvalue weighted by Crippen LogP contribution is -2.21. The molecule has 1 heterocycles. The Balaban J connectivity index is 2.38. The number of aliphatic hydroxyl groups is 1. The molecule has 1 aromatic rings. The van der Waals surface area contributed by atoms with Gasteiger partial charge in [-0.3, -0.25) is 0 Å². The monoisotopic (exact) mass is 233 g/mol. The third kappa shape index (κ3) is 2.09. The summed E-state index contributed by atoms with van der Waals surface area (Å²) in [5.41, 5.74) is 1.89. The molecule has 2 rings (SSSR count). The van der Waals surface area contributed by atoms with Crippen molar-refractivity contribution >= 4 is 0 Å². The first-order valence-corrected chi connectivity index (χ1v) is 5.32. The normalized spacial score (nSPS) is 20.9. The van der Waals surface area contributed by atoms with Crippen molar-refractivity contribution in [3.8, 4) is 0 Å². The molecule has 1 aromatic heterocycles. The predicted octanol–water partition coefficient (Wildman–Crippen LogP) is 2.73. The van der Waals surface area contributed by atoms with E-state index < -0.39 is 18.8 Å². The Morgan fingerprint density at radius 2 is 2.19 bits per heavy atom. The van der Waals surface area contributed by atoms with Crippen LogP contribution in [-0.2, 0) is 13.0 Å². The number of alkyl halides is 3. The number of aromatic nitrogens is 1. The van der Waals surface area contributed by atoms with Crippen LogP contribution in [0.1, 0.15) is 35.9 Å². The number of aryl methyl sites for hydroxylation is 1. The number of fused-ring (bicyclic) bond motifs is 1. The molecule has 5 heteroatoms. The number of hydrogen-bond donors (Lipinski definition) is 1. The maximum absolute atomic E-state index is 12.4. The van der Waals surface area contributed by atoms with Crippen molar-refractivity contribution in [2.75, 3.05) is 0 Å². The van der Waals surface area contributed by atoms with Crippen molar-refractivity contribution in [3.05, 3.63) is 23.0 Å². The Morgan fingerprint density at radius 1 is 1.50 bits per heavy atom. The summed E-state index contributed by atoms with van der Waals surface area (Å²) in [5.74, 6) is 0. The third-order valence-corrected chi connectivity index (χ3v) is 3.04. The minimum absolute atomic E-state index is 0.572. The summed E-state index contributed by atoms with van der Waals surface area (Å²) in [6, 6.07) is 1.67. The lowest BCUT2D eigenvalue weighted by Gasteiger charge is -2.21. The lowest BCUT2D eigenvalue weighted by molar-refractivity contribution is -0.141. The van der Waals surface area contributed by atoms with Crippen LogP contribution in [0.2, 0.25) is 0 Å². The molecule has 0 radical (unpaired) electrons. The standard InChI is InChI=1S/C11H14F3NO/c1-7-5-8-9(3-2-4-10(8)16)15(7)6-11(12,13)14/h5,10,16H,2-4,6H2,1H3. The second-order valence-corrected chi connectivity index (χ2v) is 4.30. The number of nitrogens with zero attached hydrogens (tertiary/aromatic N) is 1. The van der Waals surface area contributed by atoms with Gasteiger partial charge in [0.15, 0.2) is 0 Å². The summed E-state index contributed by atoms with van der Waals surface area (Å²) in [6.07, 6.45) is -2.80. The van der Waals surface area contributed by atoms with E-state index in [-0.39, 0.29) is 0 Å². The molecule has 0 spiro atoms. The van der Waals surface area contributed by atoms with Crippen LogP contribution >= 0.6 is 0 Å². The molecule has 90 valence electrons. The van der Waals surface area contributed by atoms with Crippen LogP contribution in [0.15, 0.2) is 6.07 Å². The Kier molecular flexibility index (Phi) is 2.74. The SMILES string of the molecule is Cc1cc2c(n1CC(F)(F)F)CCCC2O. The van der Waals surface area contributed by atoms with Crippen molar-refractivity contribution in [2.45, 2.75) is 45.0 Å². The summed E-state index contributed by atoms with van der Waals surface area (Å²) < 4.78 is 38.4. The van der Waals surface area contributed by atoms with E-state index in [1.807, 2.05) is 0 Å². The average molecular weight is 233 g/mol. The first-order valence-electron chi connectivity index (χ1n) is 5.32. The predicted molar refractivity (Wildman–Crippen MR) is 53.1 cm³/mol. The lowest BCUT2D eigenvalue weighted by atomic mass is 9.95. The molecule has 0 fully saturated rings. The maximum atomic E-state index is 12.4. The average Bonchev–Trinajstić information content (AvgIpc) is 2.44. The van der Waals surface area contributed by atoms with Gasteiger partial charge in [0.1, 0.15) is 6.54 Å². The van der Waals surface area contributed by atoms with Crippen LogP contribution < -0.4 is 0 Å². The molecule has 0 saturated heterocycles. The van der Waals surface area contributed by atoms with Crippen LogP contribution in [0, 0.1) is 6.92 Å². The van der Waals surface area contributed by atoms with E-state index in [0.717, 1.165) is 6.42 Å². The van der Waals surface area contributed by atoms with Crippen molar-refractivity contribution in [1.82, 2.24) is 4.57 Å². The molecular weight excluding hydrogens is 219 g/mol. The van der Waals surface area contributed by atoms with Gasteiger partial charge in [-0.15, -0.1) is 0 Å². The minimum Gasteiger partial charge on any atom is -0.388 e. The summed E-state index contributed by atoms with van der Waals surface area (Å²) >= 11 is 0. The van der Waals surface area contributed by atoms with E-state index in [2.05, 4.69) is 0 Å². The number of aliphatic hydroxyl groups excluding tert-OH is 1. The highest BCUT2D eigenvalue weighted by molar-refractivity contribution is 5.31. The van der Waals surface area contributed by atoms with E-state index in [0.29, 0.717) is 29.8 Å². The van der Waals surface area contributed by atoms with Crippen LogP contribution in [-0.4, -0.2) is 15.8 Å². The molecular formula is C11H14F3NO. The second-order valence-electron chi connectivity index (χ2n) is 4.30. The first kappa shape index (κ1) is 11.5. The van der Waals surface area contributed by atoms with Crippen molar-refractivity contribution in [1.29, 1.82) is 0 Å². The second kappa shape index (κ2) is 3.80. The molecule has 0 saturated carbocycles. The van der Waals surface area contributed by atoms with E-state index in [4.69, 9.17) is 0 Å². The van der Waals surface area contributed by atoms with Gasteiger partial charge in [-0.05, 0) is 32.3 Å². The zero-order valence-electron chi connectivity index (χ0n) is 9.01. The molecule has 2 nitrogen and oxygen atoms in total. The molecule has 1 N–H and O–H groups in total. The van der Waals surface area contributed by atoms with E-state index in [1.54, 1.807) is 13.0 Å². The Labute approximate surface area is 91.7 Å². The van der Waals surface area contributed by atoms with Crippen LogP contribution in [0.3, 0.4) is 0 Å². The van der Waals surface area contributed by atoms with E-state index in [9.17, 15) is 18.3 Å². The summed E-state index contributed by atoms with van der Waals surface area (Å²) in [5, 5.41) is 9.70. The summed E-state index contributed by atoms with van der Waals surface area (Å²) in [7, 11) is 0. The number of halogens is 3. The fourth-order valence-corrected chi connectivity index (χ4v) is 2.34. The largest absolute Gasteiger partial charge is 0.406 e. The molecule has 1 atom stereocenters. The van der Waals surface area contributed by atoms with Gasteiger partial charge in [0.2, 0.25) is 0 Å². The van der Waals surface area contributed by atoms with Crippen molar-refractivity contribution in [3.63, 3.8) is 0 Å². The van der Waals surface area contributed by atoms with Gasteiger partial charge in [-0.2, -0.15) is 13.2 Å². The first-order chi connectivity index (χ1) is 7.38. The molecule has 0 aliphatic heterocycles. The molecule has 0 bridgehead atoms. The Morgan fingerprint density at radius 3 is 2.81 bits per heavy atom. The van der Waals surface area contributed by atoms with E-state index >= 15 is 0 Å². The van der Waals surface area contributed by atoms with Gasteiger partial charge in [-0.25, -0.2) is 0 Å². The van der Waals surface area contributed by atoms with Crippen molar-refractivity contribution in [2.24, 2.45) is 0 Å². The maximum Gasteiger partial charge on any atom is 0.406 e. The molecule has 16 heavy (non-hydrogen) atoms. The minimum atomic E-state index is -4.21. The number of hydrogen-bond acceptors (Lipinski definition) is 1. The van der Waals surface area contributed by atoms with Gasteiger partial charge in [-0.1, -0.05) is 0 Å². The van der Waals surface area contributed by atoms with Gasteiger partial charge < -0.3 is 9.67 Å². The van der Waals surface area contributed by atoms with E-state index in [1.165, 1.54) is 4.57 Å². The quantitative estimate of drug-likeness (QED) is 0.792. The Bertz CT molecular complexity index is 395. The highest BCUT2D eigenvalue weighted by Gasteiger charge is 2.32. The fraction of sp³-hybridized carbons (Fsp3) is 0.636. The Hall–Kier alpha value is -0.970. The molecule has 0 aromatic carbocycles. The third-order valence-electron chi connectivity index (χ3n) is 3.04.